The molecule has 9 heteroatoms. The van der Waals surface area contributed by atoms with Gasteiger partial charge in [0.2, 0.25) is 5.91 Å². The summed E-state index contributed by atoms with van der Waals surface area (Å²) in [6.45, 7) is 3.23. The molecule has 114 valence electrons. The number of hydrogen-bond donors (Lipinski definition) is 4. The number of aromatic amines is 1. The van der Waals surface area contributed by atoms with E-state index in [1.807, 2.05) is 0 Å². The molecule has 0 fully saturated rings. The lowest BCUT2D eigenvalue weighted by molar-refractivity contribution is -0.120. The Morgan fingerprint density at radius 1 is 1.43 bits per heavy atom. The smallest absolute Gasteiger partial charge is 0.265 e. The lowest BCUT2D eigenvalue weighted by Gasteiger charge is -2.16. The van der Waals surface area contributed by atoms with Crippen molar-refractivity contribution < 1.29 is 9.59 Å². The van der Waals surface area contributed by atoms with E-state index in [2.05, 4.69) is 15.3 Å². The second-order valence-electron chi connectivity index (χ2n) is 4.88. The van der Waals surface area contributed by atoms with Crippen LogP contribution in [0.5, 0.6) is 0 Å². The van der Waals surface area contributed by atoms with Crippen LogP contribution in [0.3, 0.4) is 0 Å². The summed E-state index contributed by atoms with van der Waals surface area (Å²) in [5.74, 6) is -0.852. The van der Waals surface area contributed by atoms with Gasteiger partial charge in [-0.15, -0.1) is 23.7 Å². The number of aromatic nitrogens is 2. The number of nitrogens with zero attached hydrogens (tertiary/aromatic N) is 1. The van der Waals surface area contributed by atoms with E-state index >= 15 is 0 Å². The minimum absolute atomic E-state index is 0. The number of primary amides is 1. The van der Waals surface area contributed by atoms with E-state index in [4.69, 9.17) is 11.5 Å². The predicted octanol–water partition coefficient (Wildman–Crippen LogP) is 1.33. The zero-order chi connectivity index (χ0) is 14.9. The fraction of sp³-hybridized carbons (Fsp3) is 0.250. The van der Waals surface area contributed by atoms with Gasteiger partial charge in [-0.05, 0) is 19.9 Å². The number of nitrogens with one attached hydrogen (secondary N) is 2. The van der Waals surface area contributed by atoms with Crippen molar-refractivity contribution in [2.24, 2.45) is 11.5 Å². The van der Waals surface area contributed by atoms with Gasteiger partial charge in [-0.25, -0.2) is 4.98 Å². The number of hydrogen-bond acceptors (Lipinski definition) is 5. The van der Waals surface area contributed by atoms with Gasteiger partial charge >= 0.3 is 0 Å². The van der Waals surface area contributed by atoms with Crippen molar-refractivity contribution in [3.8, 4) is 11.3 Å². The van der Waals surface area contributed by atoms with E-state index in [1.54, 1.807) is 31.5 Å². The standard InChI is InChI=1S/C12H15N5O2S.ClH/c1-12(2,14)10(19)17-11-16-8(5-20-11)6-3-7(9(13)18)15-4-6;/h3-5,15H,14H2,1-2H3,(H2,13,18)(H,16,17,19);1H. The maximum absolute atomic E-state index is 11.7. The number of H-pyrrole nitrogens is 1. The molecule has 2 heterocycles. The van der Waals surface area contributed by atoms with Crippen LogP contribution in [0.15, 0.2) is 17.6 Å². The van der Waals surface area contributed by atoms with Gasteiger partial charge in [0.05, 0.1) is 11.2 Å². The lowest BCUT2D eigenvalue weighted by Crippen LogP contribution is -2.45. The Morgan fingerprint density at radius 3 is 2.62 bits per heavy atom. The fourth-order valence-corrected chi connectivity index (χ4v) is 2.12. The predicted molar refractivity (Wildman–Crippen MR) is 84.6 cm³/mol. The third-order valence-electron chi connectivity index (χ3n) is 2.55. The monoisotopic (exact) mass is 329 g/mol. The van der Waals surface area contributed by atoms with Crippen LogP contribution in [0.1, 0.15) is 24.3 Å². The normalized spacial score (nSPS) is 10.8. The summed E-state index contributed by atoms with van der Waals surface area (Å²) >= 11 is 1.28. The van der Waals surface area contributed by atoms with Crippen molar-refractivity contribution in [3.05, 3.63) is 23.3 Å². The van der Waals surface area contributed by atoms with Gasteiger partial charge in [0.15, 0.2) is 5.13 Å². The van der Waals surface area contributed by atoms with Crippen molar-refractivity contribution in [3.63, 3.8) is 0 Å². The Hall–Kier alpha value is -1.90. The maximum atomic E-state index is 11.7. The van der Waals surface area contributed by atoms with Gasteiger partial charge < -0.3 is 21.8 Å². The SMILES string of the molecule is CC(C)(N)C(=O)Nc1nc(-c2c[nH]c(C(N)=O)c2)cs1.Cl. The van der Waals surface area contributed by atoms with Gasteiger partial charge in [-0.2, -0.15) is 0 Å². The van der Waals surface area contributed by atoms with Gasteiger partial charge in [0.1, 0.15) is 5.69 Å². The molecule has 21 heavy (non-hydrogen) atoms. The Balaban J connectivity index is 0.00000220. The molecular formula is C12H16ClN5O2S. The van der Waals surface area contributed by atoms with Crippen LogP contribution in [0, 0.1) is 0 Å². The highest BCUT2D eigenvalue weighted by molar-refractivity contribution is 7.14. The number of halogens is 1. The molecule has 2 aromatic rings. The lowest BCUT2D eigenvalue weighted by atomic mass is 10.1. The summed E-state index contributed by atoms with van der Waals surface area (Å²) in [5.41, 5.74) is 11.6. The Morgan fingerprint density at radius 2 is 2.10 bits per heavy atom. The van der Waals surface area contributed by atoms with Crippen LogP contribution >= 0.6 is 23.7 Å². The van der Waals surface area contributed by atoms with Crippen LogP contribution in [0.25, 0.3) is 11.3 Å². The van der Waals surface area contributed by atoms with E-state index in [0.29, 0.717) is 16.5 Å². The molecule has 0 aliphatic heterocycles. The zero-order valence-corrected chi connectivity index (χ0v) is 13.1. The number of carbonyl (C=O) groups excluding carboxylic acids is 2. The van der Waals surface area contributed by atoms with Gasteiger partial charge in [-0.3, -0.25) is 9.59 Å². The summed E-state index contributed by atoms with van der Waals surface area (Å²) < 4.78 is 0. The highest BCUT2D eigenvalue weighted by Gasteiger charge is 2.23. The molecule has 0 spiro atoms. The molecule has 2 rings (SSSR count). The molecule has 0 bridgehead atoms. The first-order valence-corrected chi connectivity index (χ1v) is 6.70. The van der Waals surface area contributed by atoms with Crippen LogP contribution in [-0.2, 0) is 4.79 Å². The second kappa shape index (κ2) is 6.25. The molecule has 0 unspecified atom stereocenters. The average molecular weight is 330 g/mol. The van der Waals surface area contributed by atoms with Crippen LogP contribution in [0.4, 0.5) is 5.13 Å². The minimum Gasteiger partial charge on any atom is -0.364 e. The van der Waals surface area contributed by atoms with Crippen LogP contribution < -0.4 is 16.8 Å². The van der Waals surface area contributed by atoms with E-state index in [0.717, 1.165) is 5.56 Å². The van der Waals surface area contributed by atoms with Crippen molar-refractivity contribution in [1.82, 2.24) is 9.97 Å². The molecule has 0 aliphatic rings. The second-order valence-corrected chi connectivity index (χ2v) is 5.74. The van der Waals surface area contributed by atoms with Crippen molar-refractivity contribution in [2.45, 2.75) is 19.4 Å². The topological polar surface area (TPSA) is 127 Å². The molecule has 0 atom stereocenters. The minimum atomic E-state index is -0.973. The number of anilines is 1. The first-order chi connectivity index (χ1) is 9.27. The van der Waals surface area contributed by atoms with E-state index in [9.17, 15) is 9.59 Å². The molecule has 6 N–H and O–H groups in total. The molecule has 0 radical (unpaired) electrons. The molecular weight excluding hydrogens is 314 g/mol. The zero-order valence-electron chi connectivity index (χ0n) is 11.5. The molecule has 7 nitrogen and oxygen atoms in total. The first kappa shape index (κ1) is 17.2. The number of thiazole rings is 1. The molecule has 0 aliphatic carbocycles. The largest absolute Gasteiger partial charge is 0.364 e. The van der Waals surface area contributed by atoms with Gasteiger partial charge in [-0.1, -0.05) is 0 Å². The number of carbonyl (C=O) groups is 2. The third kappa shape index (κ3) is 4.03. The summed E-state index contributed by atoms with van der Waals surface area (Å²) in [4.78, 5) is 29.8. The first-order valence-electron chi connectivity index (χ1n) is 5.82. The molecule has 2 aromatic heterocycles. The average Bonchev–Trinajstić information content (AvgIpc) is 2.94. The van der Waals surface area contributed by atoms with Crippen LogP contribution in [0.2, 0.25) is 0 Å². The van der Waals surface area contributed by atoms with Gasteiger partial charge in [0.25, 0.3) is 5.91 Å². The number of rotatable bonds is 4. The van der Waals surface area contributed by atoms with Crippen molar-refractivity contribution in [2.75, 3.05) is 5.32 Å². The van der Waals surface area contributed by atoms with E-state index in [1.165, 1.54) is 11.3 Å². The summed E-state index contributed by atoms with van der Waals surface area (Å²) in [6, 6.07) is 1.61. The Labute approximate surface area is 131 Å². The third-order valence-corrected chi connectivity index (χ3v) is 3.31. The summed E-state index contributed by atoms with van der Waals surface area (Å²) in [7, 11) is 0. The Bertz CT molecular complexity index is 659. The molecule has 0 aromatic carbocycles. The van der Waals surface area contributed by atoms with E-state index < -0.39 is 11.4 Å². The molecule has 0 saturated carbocycles. The molecule has 0 saturated heterocycles. The molecule has 2 amide bonds. The highest BCUT2D eigenvalue weighted by atomic mass is 35.5. The number of amides is 2. The summed E-state index contributed by atoms with van der Waals surface area (Å²) in [6.07, 6.45) is 1.63. The Kier molecular flexibility index (Phi) is 5.10. The number of nitrogens with two attached hydrogens (primary N) is 2. The van der Waals surface area contributed by atoms with Gasteiger partial charge in [0, 0.05) is 17.1 Å². The quantitative estimate of drug-likeness (QED) is 0.674. The van der Waals surface area contributed by atoms with Crippen molar-refractivity contribution in [1.29, 1.82) is 0 Å². The summed E-state index contributed by atoms with van der Waals surface area (Å²) in [5, 5.41) is 4.86. The van der Waals surface area contributed by atoms with Crippen molar-refractivity contribution >= 4 is 40.7 Å². The fourth-order valence-electron chi connectivity index (χ4n) is 1.41. The highest BCUT2D eigenvalue weighted by Crippen LogP contribution is 2.25. The van der Waals surface area contributed by atoms with E-state index in [-0.39, 0.29) is 18.3 Å². The van der Waals surface area contributed by atoms with Crippen LogP contribution in [-0.4, -0.2) is 27.3 Å². The maximum Gasteiger partial charge on any atom is 0.265 e.